The molecular formula is C42H48F5N7O12. The number of alkyl halides is 3. The van der Waals surface area contributed by atoms with Gasteiger partial charge in [0.05, 0.1) is 18.7 Å². The summed E-state index contributed by atoms with van der Waals surface area (Å²) in [5, 5.41) is 43.2. The number of aliphatic hydroxyl groups excluding tert-OH is 2. The fourth-order valence-corrected chi connectivity index (χ4v) is 6.48. The minimum absolute atomic E-state index is 0.0177. The van der Waals surface area contributed by atoms with Crippen molar-refractivity contribution in [3.8, 4) is 11.1 Å². The Balaban J connectivity index is 0.00000152. The van der Waals surface area contributed by atoms with Gasteiger partial charge in [0.25, 0.3) is 11.8 Å². The van der Waals surface area contributed by atoms with E-state index >= 15 is 4.39 Å². The summed E-state index contributed by atoms with van der Waals surface area (Å²) in [5.41, 5.74) is 7.08. The number of nitrogens with zero attached hydrogens (tertiary/aromatic N) is 3. The van der Waals surface area contributed by atoms with Crippen molar-refractivity contribution in [2.24, 2.45) is 11.1 Å². The second-order valence-electron chi connectivity index (χ2n) is 15.6. The van der Waals surface area contributed by atoms with E-state index in [0.29, 0.717) is 16.2 Å². The number of carboxylic acids is 2. The third kappa shape index (κ3) is 15.0. The number of carbonyl (C=O) groups excluding carboxylic acids is 6. The lowest BCUT2D eigenvalue weighted by Gasteiger charge is -2.41. The van der Waals surface area contributed by atoms with Crippen molar-refractivity contribution in [1.82, 2.24) is 30.3 Å². The van der Waals surface area contributed by atoms with Gasteiger partial charge in [-0.25, -0.2) is 18.4 Å². The summed E-state index contributed by atoms with van der Waals surface area (Å²) in [4.78, 5) is 98.1. The summed E-state index contributed by atoms with van der Waals surface area (Å²) >= 11 is 0. The van der Waals surface area contributed by atoms with Crippen LogP contribution in [0, 0.1) is 17.0 Å². The molecule has 0 fully saturated rings. The number of nitrogens with one attached hydrogen (secondary N) is 3. The van der Waals surface area contributed by atoms with E-state index < -0.39 is 121 Å². The standard InChI is InChI=1S/C40H47F2N7O10.C2HF3O2/c1-40(2,3)36(31-15-24(26-16-25(41)9-10-27(26)42)19-47(31)18-23-7-5-4-6-8-23)48(35(55)22-51)14-13-28(43)37(56)46-29(39(58)59)17-44-38(57)30(21-50)45-32(52)20-49-33(53)11-12-34(49)54;3-2(4,5)1(6)7/h4-12,15-16,19,28-30,36,50-51H,13-14,17-18,20-22,43H2,1-3H3,(H,44,57)(H,45,52)(H,46,56)(H,58,59);(H,6,7)/t28-,29+,30-,36-;/m0./s1. The summed E-state index contributed by atoms with van der Waals surface area (Å²) in [7, 11) is 0. The summed E-state index contributed by atoms with van der Waals surface area (Å²) in [6, 6.07) is 8.30. The predicted molar refractivity (Wildman–Crippen MR) is 220 cm³/mol. The van der Waals surface area contributed by atoms with Gasteiger partial charge in [0.1, 0.15) is 36.9 Å². The highest BCUT2D eigenvalue weighted by atomic mass is 19.4. The van der Waals surface area contributed by atoms with Gasteiger partial charge in [0, 0.05) is 54.8 Å². The van der Waals surface area contributed by atoms with Gasteiger partial charge in [-0.3, -0.25) is 33.7 Å². The molecule has 0 saturated carbocycles. The third-order valence-corrected chi connectivity index (χ3v) is 9.62. The molecule has 0 radical (unpaired) electrons. The normalized spacial score (nSPS) is 14.3. The van der Waals surface area contributed by atoms with Gasteiger partial charge in [-0.1, -0.05) is 51.1 Å². The topological polar surface area (TPSA) is 291 Å². The van der Waals surface area contributed by atoms with E-state index in [2.05, 4.69) is 16.0 Å². The quantitative estimate of drug-likeness (QED) is 0.0612. The summed E-state index contributed by atoms with van der Waals surface area (Å²) in [5.74, 6) is -10.9. The van der Waals surface area contributed by atoms with Crippen LogP contribution in [0.4, 0.5) is 22.0 Å². The molecule has 2 heterocycles. The van der Waals surface area contributed by atoms with Gasteiger partial charge < -0.3 is 51.6 Å². The fraction of sp³-hybridized carbons (Fsp3) is 0.381. The SMILES string of the molecule is CC(C)(C)[C@H](c1cc(-c2cc(F)ccc2F)cn1Cc1ccccc1)N(CC[C@H](N)C(=O)N[C@H](CNC(=O)[C@H](CO)NC(=O)CN1C(=O)C=CC1=O)C(=O)O)C(=O)CO.O=C(O)C(F)(F)F. The van der Waals surface area contributed by atoms with E-state index in [9.17, 15) is 66.4 Å². The average molecular weight is 938 g/mol. The van der Waals surface area contributed by atoms with Gasteiger partial charge in [-0.2, -0.15) is 13.2 Å². The maximum atomic E-state index is 15.1. The van der Waals surface area contributed by atoms with Crippen LogP contribution < -0.4 is 21.7 Å². The minimum Gasteiger partial charge on any atom is -0.480 e. The van der Waals surface area contributed by atoms with E-state index in [1.807, 2.05) is 51.1 Å². The number of rotatable bonds is 19. The first-order valence-corrected chi connectivity index (χ1v) is 19.7. The fourth-order valence-electron chi connectivity index (χ4n) is 6.48. The van der Waals surface area contributed by atoms with Crippen LogP contribution in [-0.2, 0) is 44.9 Å². The van der Waals surface area contributed by atoms with Gasteiger partial charge in [-0.05, 0) is 41.7 Å². The molecule has 0 unspecified atom stereocenters. The molecule has 1 aliphatic heterocycles. The van der Waals surface area contributed by atoms with E-state index in [4.69, 9.17) is 15.6 Å². The number of hydrogen-bond acceptors (Lipinski definition) is 11. The highest BCUT2D eigenvalue weighted by Crippen LogP contribution is 2.41. The lowest BCUT2D eigenvalue weighted by Crippen LogP contribution is -2.56. The number of aliphatic carboxylic acids is 2. The van der Waals surface area contributed by atoms with Crippen molar-refractivity contribution in [2.45, 2.75) is 64.1 Å². The largest absolute Gasteiger partial charge is 0.490 e. The van der Waals surface area contributed by atoms with Gasteiger partial charge in [-0.15, -0.1) is 0 Å². The van der Waals surface area contributed by atoms with E-state index in [1.165, 1.54) is 4.90 Å². The maximum absolute atomic E-state index is 15.1. The number of aliphatic hydroxyl groups is 2. The van der Waals surface area contributed by atoms with Crippen LogP contribution in [-0.4, -0.2) is 139 Å². The zero-order valence-electron chi connectivity index (χ0n) is 35.6. The number of imide groups is 1. The molecule has 3 aromatic rings. The second-order valence-corrected chi connectivity index (χ2v) is 15.6. The molecule has 0 saturated heterocycles. The summed E-state index contributed by atoms with van der Waals surface area (Å²) in [6.45, 7) is 2.19. The Bertz CT molecular complexity index is 2280. The van der Waals surface area contributed by atoms with Gasteiger partial charge in [0.2, 0.25) is 23.6 Å². The van der Waals surface area contributed by atoms with Crippen LogP contribution >= 0.6 is 0 Å². The monoisotopic (exact) mass is 937 g/mol. The first-order valence-electron chi connectivity index (χ1n) is 19.7. The number of nitrogens with two attached hydrogens (primary N) is 1. The molecule has 19 nitrogen and oxygen atoms in total. The molecule has 4 rings (SSSR count). The van der Waals surface area contributed by atoms with Crippen molar-refractivity contribution >= 4 is 47.4 Å². The number of benzene rings is 2. The number of hydrogen-bond donors (Lipinski definition) is 8. The first-order chi connectivity index (χ1) is 30.8. The molecule has 358 valence electrons. The van der Waals surface area contributed by atoms with E-state index in [1.54, 1.807) is 16.8 Å². The van der Waals surface area contributed by atoms with Crippen molar-refractivity contribution in [1.29, 1.82) is 0 Å². The summed E-state index contributed by atoms with van der Waals surface area (Å²) in [6.07, 6.45) is -1.79. The Morgan fingerprint density at radius 2 is 1.45 bits per heavy atom. The number of amides is 6. The van der Waals surface area contributed by atoms with Crippen LogP contribution in [0.25, 0.3) is 11.1 Å². The summed E-state index contributed by atoms with van der Waals surface area (Å²) < 4.78 is 62.9. The number of halogens is 5. The van der Waals surface area contributed by atoms with E-state index in [-0.39, 0.29) is 25.1 Å². The minimum atomic E-state index is -5.08. The molecule has 1 aliphatic rings. The van der Waals surface area contributed by atoms with Crippen LogP contribution in [0.1, 0.15) is 44.5 Å². The molecule has 6 amide bonds. The number of aromatic nitrogens is 1. The lowest BCUT2D eigenvalue weighted by molar-refractivity contribution is -0.192. The average Bonchev–Trinajstić information content (AvgIpc) is 3.79. The highest BCUT2D eigenvalue weighted by Gasteiger charge is 2.39. The second kappa shape index (κ2) is 23.2. The highest BCUT2D eigenvalue weighted by molar-refractivity contribution is 6.14. The van der Waals surface area contributed by atoms with Gasteiger partial charge in [0.15, 0.2) is 0 Å². The van der Waals surface area contributed by atoms with Crippen molar-refractivity contribution in [3.63, 3.8) is 0 Å². The molecule has 4 atom stereocenters. The van der Waals surface area contributed by atoms with Crippen molar-refractivity contribution in [2.75, 3.05) is 32.8 Å². The molecule has 2 aromatic carbocycles. The van der Waals surface area contributed by atoms with Gasteiger partial charge >= 0.3 is 18.1 Å². The third-order valence-electron chi connectivity index (χ3n) is 9.62. The molecule has 9 N–H and O–H groups in total. The zero-order chi connectivity index (χ0) is 49.7. The first kappa shape index (κ1) is 53.3. The Hall–Kier alpha value is -7.05. The number of carboxylic acid groups (broad SMARTS) is 2. The molecule has 24 heteroatoms. The Morgan fingerprint density at radius 1 is 0.848 bits per heavy atom. The lowest BCUT2D eigenvalue weighted by atomic mass is 9.82. The Morgan fingerprint density at radius 3 is 1.98 bits per heavy atom. The Kier molecular flexibility index (Phi) is 18.8. The predicted octanol–water partition coefficient (Wildman–Crippen LogP) is 0.828. The molecule has 0 spiro atoms. The van der Waals surface area contributed by atoms with Crippen LogP contribution in [0.2, 0.25) is 0 Å². The molecule has 66 heavy (non-hydrogen) atoms. The molecular weight excluding hydrogens is 889 g/mol. The van der Waals surface area contributed by atoms with Crippen LogP contribution in [0.3, 0.4) is 0 Å². The molecule has 0 bridgehead atoms. The Labute approximate surface area is 373 Å². The number of carbonyl (C=O) groups is 8. The maximum Gasteiger partial charge on any atom is 0.490 e. The smallest absolute Gasteiger partial charge is 0.480 e. The van der Waals surface area contributed by atoms with Crippen molar-refractivity contribution < 1.29 is 80.7 Å². The molecule has 0 aliphatic carbocycles. The zero-order valence-corrected chi connectivity index (χ0v) is 35.6. The molecule has 1 aromatic heterocycles. The van der Waals surface area contributed by atoms with Crippen molar-refractivity contribution in [3.05, 3.63) is 95.8 Å². The van der Waals surface area contributed by atoms with Crippen LogP contribution in [0.15, 0.2) is 72.9 Å². The van der Waals surface area contributed by atoms with E-state index in [0.717, 1.165) is 35.9 Å². The van der Waals surface area contributed by atoms with Crippen LogP contribution in [0.5, 0.6) is 0 Å².